The summed E-state index contributed by atoms with van der Waals surface area (Å²) < 4.78 is 13.4. The zero-order valence-corrected chi connectivity index (χ0v) is 12.5. The summed E-state index contributed by atoms with van der Waals surface area (Å²) in [5.74, 6) is -1.27. The van der Waals surface area contributed by atoms with Crippen molar-refractivity contribution in [3.05, 3.63) is 61.7 Å². The van der Waals surface area contributed by atoms with Gasteiger partial charge in [-0.1, -0.05) is 17.7 Å². The van der Waals surface area contributed by atoms with Gasteiger partial charge < -0.3 is 10.1 Å². The third-order valence-electron chi connectivity index (χ3n) is 3.00. The number of halogens is 2. The first-order valence-corrected chi connectivity index (χ1v) is 7.33. The lowest BCUT2D eigenvalue weighted by Gasteiger charge is -2.03. The molecule has 112 valence electrons. The third-order valence-corrected chi connectivity index (χ3v) is 4.40. The fourth-order valence-electron chi connectivity index (χ4n) is 2.02. The number of fused-ring (bicyclic) bond motifs is 1. The number of nitrogens with zero attached hydrogens (tertiary/aromatic N) is 1. The Labute approximate surface area is 132 Å². The molecule has 0 amide bonds. The summed E-state index contributed by atoms with van der Waals surface area (Å²) in [6, 6.07) is 5.60. The van der Waals surface area contributed by atoms with E-state index in [0.29, 0.717) is 16.9 Å². The highest BCUT2D eigenvalue weighted by molar-refractivity contribution is 7.20. The summed E-state index contributed by atoms with van der Waals surface area (Å²) in [5, 5.41) is 8.95. The minimum atomic E-state index is -1.10. The lowest BCUT2D eigenvalue weighted by molar-refractivity contribution is 0.0702. The topological polar surface area (TPSA) is 83.0 Å². The van der Waals surface area contributed by atoms with Crippen molar-refractivity contribution in [3.63, 3.8) is 0 Å². The average molecular weight is 339 g/mol. The van der Waals surface area contributed by atoms with Gasteiger partial charge in [-0.2, -0.15) is 0 Å². The molecule has 3 aromatic rings. The monoisotopic (exact) mass is 338 g/mol. The van der Waals surface area contributed by atoms with Gasteiger partial charge in [0.05, 0.1) is 10.5 Å². The molecule has 2 heterocycles. The normalized spacial score (nSPS) is 11.0. The molecule has 5 nitrogen and oxygen atoms in total. The Hall–Kier alpha value is -2.25. The van der Waals surface area contributed by atoms with Gasteiger partial charge in [-0.15, -0.1) is 11.3 Å². The highest BCUT2D eigenvalue weighted by Gasteiger charge is 2.13. The van der Waals surface area contributed by atoms with E-state index in [9.17, 15) is 14.0 Å². The van der Waals surface area contributed by atoms with Crippen molar-refractivity contribution in [3.8, 4) is 0 Å². The van der Waals surface area contributed by atoms with Gasteiger partial charge in [0.15, 0.2) is 0 Å². The van der Waals surface area contributed by atoms with Crippen molar-refractivity contribution in [2.24, 2.45) is 0 Å². The van der Waals surface area contributed by atoms with E-state index < -0.39 is 17.3 Å². The lowest BCUT2D eigenvalue weighted by Crippen LogP contribution is -2.10. The van der Waals surface area contributed by atoms with Crippen LogP contribution in [0.5, 0.6) is 0 Å². The van der Waals surface area contributed by atoms with E-state index in [1.807, 2.05) is 0 Å². The van der Waals surface area contributed by atoms with Gasteiger partial charge in [0, 0.05) is 6.42 Å². The zero-order chi connectivity index (χ0) is 15.9. The fourth-order valence-corrected chi connectivity index (χ4v) is 3.05. The Morgan fingerprint density at radius 2 is 2.18 bits per heavy atom. The smallest absolute Gasteiger partial charge is 0.345 e. The van der Waals surface area contributed by atoms with Crippen LogP contribution in [0.1, 0.15) is 21.1 Å². The van der Waals surface area contributed by atoms with Crippen LogP contribution in [0.25, 0.3) is 10.2 Å². The van der Waals surface area contributed by atoms with Crippen LogP contribution in [0.2, 0.25) is 5.02 Å². The maximum atomic E-state index is 13.1. The molecule has 22 heavy (non-hydrogen) atoms. The highest BCUT2D eigenvalue weighted by Crippen LogP contribution is 2.22. The maximum absolute atomic E-state index is 13.1. The SMILES string of the molecule is O=C(O)c1cc2nc(Cc3ccc(F)c(Cl)c3)[nH]c(=O)c2s1. The molecule has 0 fully saturated rings. The van der Waals surface area contributed by atoms with E-state index in [0.717, 1.165) is 11.3 Å². The number of carbonyl (C=O) groups is 1. The van der Waals surface area contributed by atoms with Crippen molar-refractivity contribution in [2.75, 3.05) is 0 Å². The van der Waals surface area contributed by atoms with Crippen molar-refractivity contribution < 1.29 is 14.3 Å². The molecule has 0 radical (unpaired) electrons. The third kappa shape index (κ3) is 2.72. The Kier molecular flexibility index (Phi) is 3.67. The molecular weight excluding hydrogens is 331 g/mol. The maximum Gasteiger partial charge on any atom is 0.345 e. The first-order valence-electron chi connectivity index (χ1n) is 6.14. The summed E-state index contributed by atoms with van der Waals surface area (Å²) in [6.45, 7) is 0. The number of nitrogens with one attached hydrogen (secondary N) is 1. The van der Waals surface area contributed by atoms with Gasteiger partial charge in [0.25, 0.3) is 5.56 Å². The van der Waals surface area contributed by atoms with E-state index >= 15 is 0 Å². The number of carboxylic acid groups (broad SMARTS) is 1. The number of aromatic amines is 1. The molecule has 0 bridgehead atoms. The quantitative estimate of drug-likeness (QED) is 0.768. The molecule has 8 heteroatoms. The first kappa shape index (κ1) is 14.7. The molecule has 0 atom stereocenters. The van der Waals surface area contributed by atoms with Crippen LogP contribution < -0.4 is 5.56 Å². The Bertz CT molecular complexity index is 951. The molecule has 1 aromatic carbocycles. The molecule has 0 aliphatic heterocycles. The second-order valence-corrected chi connectivity index (χ2v) is 6.03. The minimum absolute atomic E-state index is 0.00961. The molecule has 0 aliphatic rings. The van der Waals surface area contributed by atoms with E-state index in [4.69, 9.17) is 16.7 Å². The van der Waals surface area contributed by atoms with E-state index in [1.165, 1.54) is 18.2 Å². The predicted molar refractivity (Wildman–Crippen MR) is 81.4 cm³/mol. The zero-order valence-electron chi connectivity index (χ0n) is 10.9. The van der Waals surface area contributed by atoms with Gasteiger partial charge in [-0.25, -0.2) is 14.2 Å². The molecule has 0 spiro atoms. The number of thiophene rings is 1. The fraction of sp³-hybridized carbons (Fsp3) is 0.0714. The molecule has 0 aliphatic carbocycles. The Balaban J connectivity index is 2.02. The number of benzene rings is 1. The predicted octanol–water partition coefficient (Wildman–Crippen LogP) is 3.07. The van der Waals surface area contributed by atoms with Gasteiger partial charge >= 0.3 is 5.97 Å². The van der Waals surface area contributed by atoms with Crippen LogP contribution in [0.4, 0.5) is 4.39 Å². The number of carboxylic acids is 1. The molecule has 0 saturated carbocycles. The summed E-state index contributed by atoms with van der Waals surface area (Å²) in [7, 11) is 0. The van der Waals surface area contributed by atoms with Gasteiger partial charge in [-0.05, 0) is 23.8 Å². The average Bonchev–Trinajstić information content (AvgIpc) is 2.88. The molecule has 0 saturated heterocycles. The number of hydrogen-bond donors (Lipinski definition) is 2. The Morgan fingerprint density at radius 1 is 1.41 bits per heavy atom. The first-order chi connectivity index (χ1) is 10.4. The number of hydrogen-bond acceptors (Lipinski definition) is 4. The summed E-state index contributed by atoms with van der Waals surface area (Å²) in [6.07, 6.45) is 0.253. The van der Waals surface area contributed by atoms with Crippen LogP contribution in [0, 0.1) is 5.82 Å². The van der Waals surface area contributed by atoms with Crippen LogP contribution in [0.15, 0.2) is 29.1 Å². The van der Waals surface area contributed by atoms with Gasteiger partial charge in [0.2, 0.25) is 0 Å². The van der Waals surface area contributed by atoms with Crippen molar-refractivity contribution in [2.45, 2.75) is 6.42 Å². The number of aromatic nitrogens is 2. The Morgan fingerprint density at radius 3 is 2.86 bits per heavy atom. The number of aromatic carboxylic acids is 1. The van der Waals surface area contributed by atoms with Crippen molar-refractivity contribution in [1.82, 2.24) is 9.97 Å². The molecule has 0 unspecified atom stereocenters. The van der Waals surface area contributed by atoms with Crippen LogP contribution >= 0.6 is 22.9 Å². The second kappa shape index (κ2) is 5.51. The largest absolute Gasteiger partial charge is 0.477 e. The van der Waals surface area contributed by atoms with Crippen LogP contribution in [0.3, 0.4) is 0 Å². The molecule has 2 aromatic heterocycles. The van der Waals surface area contributed by atoms with Gasteiger partial charge in [0.1, 0.15) is 21.2 Å². The van der Waals surface area contributed by atoms with E-state index in [-0.39, 0.29) is 21.0 Å². The van der Waals surface area contributed by atoms with Gasteiger partial charge in [-0.3, -0.25) is 4.79 Å². The summed E-state index contributed by atoms with van der Waals surface area (Å²) in [4.78, 5) is 29.8. The lowest BCUT2D eigenvalue weighted by atomic mass is 10.1. The van der Waals surface area contributed by atoms with Crippen molar-refractivity contribution in [1.29, 1.82) is 0 Å². The van der Waals surface area contributed by atoms with E-state index in [1.54, 1.807) is 6.07 Å². The highest BCUT2D eigenvalue weighted by atomic mass is 35.5. The number of rotatable bonds is 3. The summed E-state index contributed by atoms with van der Waals surface area (Å²) >= 11 is 6.59. The van der Waals surface area contributed by atoms with Crippen molar-refractivity contribution >= 4 is 39.1 Å². The standard InChI is InChI=1S/C14H8ClFN2O3S/c15-7-3-6(1-2-8(7)16)4-11-17-9-5-10(14(20)21)22-12(9)13(19)18-11/h1-3,5H,4H2,(H,20,21)(H,17,18,19). The minimum Gasteiger partial charge on any atom is -0.477 e. The van der Waals surface area contributed by atoms with E-state index in [2.05, 4.69) is 9.97 Å². The summed E-state index contributed by atoms with van der Waals surface area (Å²) in [5.41, 5.74) is 0.614. The molecule has 3 rings (SSSR count). The molecule has 2 N–H and O–H groups in total. The second-order valence-electron chi connectivity index (χ2n) is 4.57. The number of H-pyrrole nitrogens is 1. The van der Waals surface area contributed by atoms with Crippen LogP contribution in [-0.2, 0) is 6.42 Å². The van der Waals surface area contributed by atoms with Crippen LogP contribution in [-0.4, -0.2) is 21.0 Å². The molecular formula is C14H8ClFN2O3S.